The molecular formula is C35H30N4O7S. The number of ether oxygens (including phenoxy) is 5. The van der Waals surface area contributed by atoms with E-state index in [1.54, 1.807) is 39.5 Å². The first kappa shape index (κ1) is 31.1. The molecule has 238 valence electrons. The van der Waals surface area contributed by atoms with E-state index < -0.39 is 0 Å². The molecule has 0 saturated heterocycles. The Morgan fingerprint density at radius 1 is 0.681 bits per heavy atom. The molecule has 0 spiro atoms. The van der Waals surface area contributed by atoms with Gasteiger partial charge in [0.05, 0.1) is 35.5 Å². The zero-order valence-electron chi connectivity index (χ0n) is 26.2. The first-order chi connectivity index (χ1) is 22.9. The lowest BCUT2D eigenvalue weighted by atomic mass is 10.1. The van der Waals surface area contributed by atoms with Crippen LogP contribution in [-0.2, 0) is 0 Å². The molecule has 0 radical (unpaired) electrons. The number of nitrogens with one attached hydrogen (secondary N) is 1. The normalized spacial score (nSPS) is 10.7. The fourth-order valence-corrected chi connectivity index (χ4v) is 5.54. The van der Waals surface area contributed by atoms with Gasteiger partial charge in [-0.05, 0) is 60.1 Å². The van der Waals surface area contributed by atoms with E-state index >= 15 is 0 Å². The van der Waals surface area contributed by atoms with Gasteiger partial charge in [0.1, 0.15) is 22.2 Å². The van der Waals surface area contributed by atoms with E-state index in [4.69, 9.17) is 33.2 Å². The fourth-order valence-electron chi connectivity index (χ4n) is 4.86. The lowest BCUT2D eigenvalue weighted by Crippen LogP contribution is -2.12. The van der Waals surface area contributed by atoms with Crippen LogP contribution in [0.1, 0.15) is 10.4 Å². The number of hydrogen-bond acceptors (Lipinski definition) is 11. The highest BCUT2D eigenvalue weighted by molar-refractivity contribution is 7.09. The summed E-state index contributed by atoms with van der Waals surface area (Å²) in [7, 11) is 7.77. The van der Waals surface area contributed by atoms with Crippen molar-refractivity contribution in [2.24, 2.45) is 0 Å². The third kappa shape index (κ3) is 6.58. The number of carbonyl (C=O) groups is 1. The molecule has 0 aliphatic heterocycles. The number of anilines is 1. The van der Waals surface area contributed by atoms with Crippen LogP contribution in [0.4, 0.5) is 5.69 Å². The van der Waals surface area contributed by atoms with Gasteiger partial charge >= 0.3 is 0 Å². The van der Waals surface area contributed by atoms with Crippen LogP contribution in [0.25, 0.3) is 44.5 Å². The summed E-state index contributed by atoms with van der Waals surface area (Å²) in [6.07, 6.45) is 0. The SMILES string of the molecule is COc1cc(OC)cc(C(=O)Nc2ccc(-c3nc(-c4ccc(-c5cc(-c6cc(OC)c(OC)c(OC)c6)on5)cc4)ns3)cc2)c1. The average Bonchev–Trinajstić information content (AvgIpc) is 3.82. The highest BCUT2D eigenvalue weighted by atomic mass is 32.1. The van der Waals surface area contributed by atoms with E-state index in [1.807, 2.05) is 66.7 Å². The Labute approximate surface area is 274 Å². The predicted octanol–water partition coefficient (Wildman–Crippen LogP) is 7.49. The lowest BCUT2D eigenvalue weighted by molar-refractivity contribution is 0.102. The number of carbonyl (C=O) groups excluding carboxylic acids is 1. The Morgan fingerprint density at radius 3 is 1.89 bits per heavy atom. The van der Waals surface area contributed by atoms with E-state index in [2.05, 4.69) is 14.8 Å². The molecule has 6 rings (SSSR count). The minimum absolute atomic E-state index is 0.278. The quantitative estimate of drug-likeness (QED) is 0.151. The van der Waals surface area contributed by atoms with Gasteiger partial charge in [-0.25, -0.2) is 4.98 Å². The van der Waals surface area contributed by atoms with Gasteiger partial charge in [0, 0.05) is 45.6 Å². The minimum Gasteiger partial charge on any atom is -0.497 e. The molecular weight excluding hydrogens is 620 g/mol. The fraction of sp³-hybridized carbons (Fsp3) is 0.143. The molecule has 0 aliphatic carbocycles. The van der Waals surface area contributed by atoms with Crippen LogP contribution in [0, 0.1) is 0 Å². The molecule has 6 aromatic rings. The first-order valence-electron chi connectivity index (χ1n) is 14.3. The molecule has 0 unspecified atom stereocenters. The Kier molecular flexibility index (Phi) is 9.02. The standard InChI is InChI=1S/C35H30N4O7S/c1-41-26-14-24(15-27(18-26)42-2)34(40)36-25-12-10-22(11-13-25)35-37-33(39-47-35)21-8-6-20(7-9-21)28-19-29(46-38-28)23-16-30(43-3)32(45-5)31(17-23)44-4/h6-19H,1-5H3,(H,36,40). The zero-order chi connectivity index (χ0) is 32.9. The predicted molar refractivity (Wildman–Crippen MR) is 179 cm³/mol. The van der Waals surface area contributed by atoms with E-state index in [0.29, 0.717) is 57.3 Å². The third-order valence-corrected chi connectivity index (χ3v) is 8.09. The van der Waals surface area contributed by atoms with Crippen LogP contribution in [0.3, 0.4) is 0 Å². The molecule has 47 heavy (non-hydrogen) atoms. The van der Waals surface area contributed by atoms with Gasteiger partial charge in [0.25, 0.3) is 5.91 Å². The van der Waals surface area contributed by atoms with Crippen molar-refractivity contribution in [2.45, 2.75) is 0 Å². The second kappa shape index (κ2) is 13.6. The Hall–Kier alpha value is -5.88. The summed E-state index contributed by atoms with van der Waals surface area (Å²) in [4.78, 5) is 17.6. The van der Waals surface area contributed by atoms with Gasteiger partial charge in [0.2, 0.25) is 5.75 Å². The maximum atomic E-state index is 12.9. The van der Waals surface area contributed by atoms with Crippen LogP contribution in [-0.4, -0.2) is 56.0 Å². The molecule has 12 heteroatoms. The van der Waals surface area contributed by atoms with Crippen molar-refractivity contribution >= 4 is 23.1 Å². The third-order valence-electron chi connectivity index (χ3n) is 7.33. The molecule has 0 saturated carbocycles. The highest BCUT2D eigenvalue weighted by Gasteiger charge is 2.18. The van der Waals surface area contributed by atoms with Gasteiger partial charge < -0.3 is 33.5 Å². The van der Waals surface area contributed by atoms with Crippen molar-refractivity contribution in [3.63, 3.8) is 0 Å². The average molecular weight is 651 g/mol. The molecule has 4 aromatic carbocycles. The molecule has 11 nitrogen and oxygen atoms in total. The summed E-state index contributed by atoms with van der Waals surface area (Å²) in [6.45, 7) is 0. The summed E-state index contributed by atoms with van der Waals surface area (Å²) in [5.41, 5.74) is 5.09. The number of amides is 1. The molecule has 0 aliphatic rings. The van der Waals surface area contributed by atoms with E-state index in [0.717, 1.165) is 27.3 Å². The topological polar surface area (TPSA) is 127 Å². The highest BCUT2D eigenvalue weighted by Crippen LogP contribution is 2.42. The largest absolute Gasteiger partial charge is 0.497 e. The number of hydrogen-bond donors (Lipinski definition) is 1. The molecule has 1 N–H and O–H groups in total. The number of aromatic nitrogens is 3. The van der Waals surface area contributed by atoms with Gasteiger partial charge in [-0.15, -0.1) is 0 Å². The molecule has 0 fully saturated rings. The monoisotopic (exact) mass is 650 g/mol. The molecule has 2 aromatic heterocycles. The summed E-state index contributed by atoms with van der Waals surface area (Å²) < 4.78 is 37.1. The van der Waals surface area contributed by atoms with Crippen molar-refractivity contribution in [1.82, 2.24) is 14.5 Å². The number of nitrogens with zero attached hydrogens (tertiary/aromatic N) is 3. The van der Waals surface area contributed by atoms with Crippen LogP contribution in [0.5, 0.6) is 28.7 Å². The van der Waals surface area contributed by atoms with Crippen LogP contribution in [0.2, 0.25) is 0 Å². The first-order valence-corrected chi connectivity index (χ1v) is 15.1. The van der Waals surface area contributed by atoms with Crippen molar-refractivity contribution in [2.75, 3.05) is 40.9 Å². The zero-order valence-corrected chi connectivity index (χ0v) is 27.0. The number of benzene rings is 4. The maximum Gasteiger partial charge on any atom is 0.255 e. The van der Waals surface area contributed by atoms with Crippen molar-refractivity contribution in [3.05, 3.63) is 90.5 Å². The summed E-state index contributed by atoms with van der Waals surface area (Å²) in [5, 5.41) is 7.93. The van der Waals surface area contributed by atoms with Gasteiger partial charge in [-0.3, -0.25) is 4.79 Å². The van der Waals surface area contributed by atoms with E-state index in [1.165, 1.54) is 25.8 Å². The molecule has 2 heterocycles. The molecule has 0 bridgehead atoms. The van der Waals surface area contributed by atoms with E-state index in [9.17, 15) is 4.79 Å². The summed E-state index contributed by atoms with van der Waals surface area (Å²) >= 11 is 1.30. The van der Waals surface area contributed by atoms with Gasteiger partial charge in [0.15, 0.2) is 23.1 Å². The Bertz CT molecular complexity index is 1970. The molecule has 0 atom stereocenters. The lowest BCUT2D eigenvalue weighted by Gasteiger charge is -2.12. The Morgan fingerprint density at radius 2 is 1.30 bits per heavy atom. The van der Waals surface area contributed by atoms with Crippen LogP contribution in [0.15, 0.2) is 89.5 Å². The number of methoxy groups -OCH3 is 5. The van der Waals surface area contributed by atoms with Crippen molar-refractivity contribution < 1.29 is 33.0 Å². The van der Waals surface area contributed by atoms with Crippen molar-refractivity contribution in [3.8, 4) is 73.3 Å². The number of rotatable bonds is 11. The van der Waals surface area contributed by atoms with Crippen LogP contribution < -0.4 is 29.0 Å². The minimum atomic E-state index is -0.278. The summed E-state index contributed by atoms with van der Waals surface area (Å²) in [5.74, 6) is 3.50. The maximum absolute atomic E-state index is 12.9. The smallest absolute Gasteiger partial charge is 0.255 e. The summed E-state index contributed by atoms with van der Waals surface area (Å²) in [6, 6.07) is 25.7. The van der Waals surface area contributed by atoms with E-state index in [-0.39, 0.29) is 5.91 Å². The van der Waals surface area contributed by atoms with Gasteiger partial charge in [-0.1, -0.05) is 29.4 Å². The van der Waals surface area contributed by atoms with Gasteiger partial charge in [-0.2, -0.15) is 4.37 Å². The second-order valence-electron chi connectivity index (χ2n) is 10.1. The Balaban J connectivity index is 1.14. The second-order valence-corrected chi connectivity index (χ2v) is 10.9. The van der Waals surface area contributed by atoms with Crippen LogP contribution >= 0.6 is 11.5 Å². The van der Waals surface area contributed by atoms with Crippen molar-refractivity contribution in [1.29, 1.82) is 0 Å². The molecule has 1 amide bonds.